The van der Waals surface area contributed by atoms with E-state index in [4.69, 9.17) is 11.6 Å². The van der Waals surface area contributed by atoms with E-state index in [1.807, 2.05) is 12.1 Å². The zero-order valence-corrected chi connectivity index (χ0v) is 10.6. The Bertz CT molecular complexity index is 568. The average molecular weight is 300 g/mol. The van der Waals surface area contributed by atoms with Gasteiger partial charge in [-0.2, -0.15) is 5.10 Å². The lowest BCUT2D eigenvalue weighted by atomic mass is 10.2. The van der Waals surface area contributed by atoms with Gasteiger partial charge in [0.05, 0.1) is 6.54 Å². The molecule has 0 amide bonds. The van der Waals surface area contributed by atoms with Crippen molar-refractivity contribution in [2.75, 3.05) is 0 Å². The summed E-state index contributed by atoms with van der Waals surface area (Å²) in [7, 11) is 0. The van der Waals surface area contributed by atoms with E-state index in [9.17, 15) is 4.79 Å². The highest BCUT2D eigenvalue weighted by atomic mass is 79.9. The van der Waals surface area contributed by atoms with E-state index in [0.717, 1.165) is 10.0 Å². The summed E-state index contributed by atoms with van der Waals surface area (Å²) in [6.45, 7) is 0.381. The summed E-state index contributed by atoms with van der Waals surface area (Å²) in [4.78, 5) is 11.4. The van der Waals surface area contributed by atoms with Crippen LogP contribution < -0.4 is 5.56 Å². The van der Waals surface area contributed by atoms with Gasteiger partial charge in [0.25, 0.3) is 5.56 Å². The topological polar surface area (TPSA) is 34.9 Å². The van der Waals surface area contributed by atoms with Crippen molar-refractivity contribution >= 4 is 27.5 Å². The van der Waals surface area contributed by atoms with Gasteiger partial charge in [-0.3, -0.25) is 4.79 Å². The fourth-order valence-corrected chi connectivity index (χ4v) is 2.05. The molecule has 0 aliphatic heterocycles. The Labute approximate surface area is 106 Å². The molecule has 0 bridgehead atoms. The Hall–Kier alpha value is -1.13. The normalized spacial score (nSPS) is 10.4. The standard InChI is InChI=1S/C11H8BrClN2O/c12-9-4-3-8(10(13)6-9)7-15-11(16)2-1-5-14-15/h1-6H,7H2. The average Bonchev–Trinajstić information content (AvgIpc) is 2.25. The van der Waals surface area contributed by atoms with Crippen LogP contribution in [0.3, 0.4) is 0 Å². The first-order chi connectivity index (χ1) is 7.66. The van der Waals surface area contributed by atoms with Crippen LogP contribution in [-0.2, 0) is 6.54 Å². The van der Waals surface area contributed by atoms with Gasteiger partial charge in [0.15, 0.2) is 0 Å². The van der Waals surface area contributed by atoms with E-state index < -0.39 is 0 Å². The van der Waals surface area contributed by atoms with Crippen LogP contribution in [0, 0.1) is 0 Å². The van der Waals surface area contributed by atoms with Gasteiger partial charge in [-0.1, -0.05) is 33.6 Å². The van der Waals surface area contributed by atoms with Crippen LogP contribution in [0.4, 0.5) is 0 Å². The monoisotopic (exact) mass is 298 g/mol. The zero-order valence-electron chi connectivity index (χ0n) is 8.23. The van der Waals surface area contributed by atoms with Gasteiger partial charge in [0, 0.05) is 21.8 Å². The predicted molar refractivity (Wildman–Crippen MR) is 66.8 cm³/mol. The van der Waals surface area contributed by atoms with Crippen LogP contribution in [0.25, 0.3) is 0 Å². The quantitative estimate of drug-likeness (QED) is 0.854. The first kappa shape index (κ1) is 11.4. The molecule has 0 saturated heterocycles. The molecule has 0 aliphatic rings. The number of hydrogen-bond acceptors (Lipinski definition) is 2. The minimum absolute atomic E-state index is 0.138. The molecule has 0 aliphatic carbocycles. The Kier molecular flexibility index (Phi) is 3.41. The second-order valence-electron chi connectivity index (χ2n) is 3.26. The number of hydrogen-bond donors (Lipinski definition) is 0. The maximum Gasteiger partial charge on any atom is 0.267 e. The zero-order chi connectivity index (χ0) is 11.5. The van der Waals surface area contributed by atoms with Crippen LogP contribution in [0.5, 0.6) is 0 Å². The van der Waals surface area contributed by atoms with Crippen LogP contribution in [0.1, 0.15) is 5.56 Å². The van der Waals surface area contributed by atoms with Gasteiger partial charge in [-0.05, 0) is 23.8 Å². The molecule has 0 unspecified atom stereocenters. The van der Waals surface area contributed by atoms with Crippen molar-refractivity contribution in [2.24, 2.45) is 0 Å². The van der Waals surface area contributed by atoms with Gasteiger partial charge < -0.3 is 0 Å². The summed E-state index contributed by atoms with van der Waals surface area (Å²) in [6.07, 6.45) is 1.58. The maximum atomic E-state index is 11.4. The first-order valence-electron chi connectivity index (χ1n) is 4.63. The largest absolute Gasteiger partial charge is 0.268 e. The van der Waals surface area contributed by atoms with Crippen molar-refractivity contribution in [1.29, 1.82) is 0 Å². The van der Waals surface area contributed by atoms with Crippen LogP contribution in [0.2, 0.25) is 5.02 Å². The van der Waals surface area contributed by atoms with Gasteiger partial charge >= 0.3 is 0 Å². The molecule has 0 N–H and O–H groups in total. The molecule has 1 aromatic carbocycles. The molecule has 0 fully saturated rings. The summed E-state index contributed by atoms with van der Waals surface area (Å²) in [6, 6.07) is 8.63. The Morgan fingerprint density at radius 1 is 1.38 bits per heavy atom. The lowest BCUT2D eigenvalue weighted by Gasteiger charge is -2.06. The Morgan fingerprint density at radius 2 is 2.19 bits per heavy atom. The molecule has 0 spiro atoms. The fraction of sp³-hybridized carbons (Fsp3) is 0.0909. The minimum Gasteiger partial charge on any atom is -0.268 e. The van der Waals surface area contributed by atoms with Crippen molar-refractivity contribution in [3.05, 3.63) is 61.9 Å². The smallest absolute Gasteiger partial charge is 0.267 e. The lowest BCUT2D eigenvalue weighted by Crippen LogP contribution is -2.21. The third-order valence-corrected chi connectivity index (χ3v) is 2.97. The van der Waals surface area contributed by atoms with E-state index in [-0.39, 0.29) is 5.56 Å². The molecule has 82 valence electrons. The molecule has 1 aromatic heterocycles. The molecule has 3 nitrogen and oxygen atoms in total. The maximum absolute atomic E-state index is 11.4. The second kappa shape index (κ2) is 4.80. The first-order valence-corrected chi connectivity index (χ1v) is 5.80. The van der Waals surface area contributed by atoms with E-state index in [1.54, 1.807) is 18.3 Å². The van der Waals surface area contributed by atoms with E-state index >= 15 is 0 Å². The third kappa shape index (κ3) is 2.51. The van der Waals surface area contributed by atoms with E-state index in [1.165, 1.54) is 10.7 Å². The van der Waals surface area contributed by atoms with Gasteiger partial charge in [-0.15, -0.1) is 0 Å². The number of halogens is 2. The summed E-state index contributed by atoms with van der Waals surface area (Å²) < 4.78 is 2.28. The highest BCUT2D eigenvalue weighted by Crippen LogP contribution is 2.21. The van der Waals surface area contributed by atoms with Crippen molar-refractivity contribution in [2.45, 2.75) is 6.54 Å². The molecule has 2 rings (SSSR count). The van der Waals surface area contributed by atoms with Gasteiger partial charge in [0.1, 0.15) is 0 Å². The van der Waals surface area contributed by atoms with E-state index in [0.29, 0.717) is 11.6 Å². The van der Waals surface area contributed by atoms with Crippen molar-refractivity contribution in [1.82, 2.24) is 9.78 Å². The van der Waals surface area contributed by atoms with Gasteiger partial charge in [0.2, 0.25) is 0 Å². The number of benzene rings is 1. The van der Waals surface area contributed by atoms with Crippen LogP contribution in [-0.4, -0.2) is 9.78 Å². The molecule has 2 aromatic rings. The van der Waals surface area contributed by atoms with Crippen molar-refractivity contribution in [3.8, 4) is 0 Å². The van der Waals surface area contributed by atoms with E-state index in [2.05, 4.69) is 21.0 Å². The molecule has 1 heterocycles. The number of rotatable bonds is 2. The summed E-state index contributed by atoms with van der Waals surface area (Å²) in [5.41, 5.74) is 0.729. The fourth-order valence-electron chi connectivity index (χ4n) is 1.32. The number of aromatic nitrogens is 2. The highest BCUT2D eigenvalue weighted by Gasteiger charge is 2.03. The van der Waals surface area contributed by atoms with Crippen LogP contribution in [0.15, 0.2) is 45.8 Å². The SMILES string of the molecule is O=c1cccnn1Cc1ccc(Br)cc1Cl. The van der Waals surface area contributed by atoms with Crippen molar-refractivity contribution in [3.63, 3.8) is 0 Å². The molecule has 0 saturated carbocycles. The molecule has 0 radical (unpaired) electrons. The Morgan fingerprint density at radius 3 is 2.88 bits per heavy atom. The Balaban J connectivity index is 2.35. The van der Waals surface area contributed by atoms with Crippen LogP contribution >= 0.6 is 27.5 Å². The molecular weight excluding hydrogens is 291 g/mol. The second-order valence-corrected chi connectivity index (χ2v) is 4.58. The minimum atomic E-state index is -0.138. The molecule has 5 heteroatoms. The number of nitrogens with zero attached hydrogens (tertiary/aromatic N) is 2. The molecular formula is C11H8BrClN2O. The summed E-state index contributed by atoms with van der Waals surface area (Å²) in [5.74, 6) is 0. The highest BCUT2D eigenvalue weighted by molar-refractivity contribution is 9.10. The third-order valence-electron chi connectivity index (χ3n) is 2.12. The molecule has 0 atom stereocenters. The summed E-state index contributed by atoms with van der Waals surface area (Å²) in [5, 5.41) is 4.59. The van der Waals surface area contributed by atoms with Gasteiger partial charge in [-0.25, -0.2) is 4.68 Å². The lowest BCUT2D eigenvalue weighted by molar-refractivity contribution is 0.639. The van der Waals surface area contributed by atoms with Crippen molar-refractivity contribution < 1.29 is 0 Å². The predicted octanol–water partition coefficient (Wildman–Crippen LogP) is 2.71. The molecule has 16 heavy (non-hydrogen) atoms. The summed E-state index contributed by atoms with van der Waals surface area (Å²) >= 11 is 9.39.